The fourth-order valence-corrected chi connectivity index (χ4v) is 2.25. The van der Waals surface area contributed by atoms with Crippen LogP contribution in [-0.2, 0) is 6.42 Å². The zero-order valence-corrected chi connectivity index (χ0v) is 14.2. The maximum absolute atomic E-state index is 11.8. The van der Waals surface area contributed by atoms with Gasteiger partial charge < -0.3 is 19.7 Å². The Morgan fingerprint density at radius 1 is 1.24 bits per heavy atom. The van der Waals surface area contributed by atoms with Gasteiger partial charge in [-0.25, -0.2) is 4.79 Å². The first-order valence-electron chi connectivity index (χ1n) is 7.65. The summed E-state index contributed by atoms with van der Waals surface area (Å²) in [5.41, 5.74) is 1.46. The molecular weight excluding hydrogens is 346 g/mol. The molecule has 0 saturated heterocycles. The van der Waals surface area contributed by atoms with Crippen molar-refractivity contribution in [1.29, 1.82) is 0 Å². The van der Waals surface area contributed by atoms with Crippen LogP contribution in [0.4, 0.5) is 4.79 Å². The van der Waals surface area contributed by atoms with Crippen molar-refractivity contribution in [1.82, 2.24) is 25.9 Å². The largest absolute Gasteiger partial charge is 0.364 e. The van der Waals surface area contributed by atoms with Gasteiger partial charge in [0, 0.05) is 29.6 Å². The van der Waals surface area contributed by atoms with E-state index in [1.807, 2.05) is 19.1 Å². The van der Waals surface area contributed by atoms with Gasteiger partial charge in [-0.3, -0.25) is 0 Å². The van der Waals surface area contributed by atoms with Crippen LogP contribution in [0.1, 0.15) is 24.6 Å². The lowest BCUT2D eigenvalue weighted by atomic mass is 10.2. The van der Waals surface area contributed by atoms with Gasteiger partial charge in [0.15, 0.2) is 0 Å². The van der Waals surface area contributed by atoms with Crippen LogP contribution in [0, 0.1) is 0 Å². The van der Waals surface area contributed by atoms with Crippen LogP contribution in [0.25, 0.3) is 11.4 Å². The number of carbonyl (C=O) groups is 1. The van der Waals surface area contributed by atoms with Crippen LogP contribution in [0.3, 0.4) is 0 Å². The van der Waals surface area contributed by atoms with Gasteiger partial charge in [-0.15, -0.1) is 0 Å². The lowest BCUT2D eigenvalue weighted by molar-refractivity contribution is 0.237. The Morgan fingerprint density at radius 3 is 2.76 bits per heavy atom. The van der Waals surface area contributed by atoms with E-state index in [0.29, 0.717) is 35.4 Å². The van der Waals surface area contributed by atoms with Crippen molar-refractivity contribution in [3.05, 3.63) is 53.2 Å². The molecule has 3 rings (SSSR count). The first-order valence-corrected chi connectivity index (χ1v) is 8.03. The number of amides is 2. The first-order chi connectivity index (χ1) is 12.1. The van der Waals surface area contributed by atoms with E-state index in [9.17, 15) is 4.79 Å². The van der Waals surface area contributed by atoms with Gasteiger partial charge in [0.2, 0.25) is 11.7 Å². The summed E-state index contributed by atoms with van der Waals surface area (Å²) < 4.78 is 9.93. The van der Waals surface area contributed by atoms with Gasteiger partial charge in [-0.1, -0.05) is 21.9 Å². The Hall–Kier alpha value is -2.87. The van der Waals surface area contributed by atoms with Crippen molar-refractivity contribution in [3.8, 4) is 11.4 Å². The molecule has 0 fully saturated rings. The highest BCUT2D eigenvalue weighted by atomic mass is 35.5. The van der Waals surface area contributed by atoms with Crippen molar-refractivity contribution in [3.63, 3.8) is 0 Å². The predicted octanol–water partition coefficient (Wildman–Crippen LogP) is 2.98. The maximum Gasteiger partial charge on any atom is 0.315 e. The number of benzene rings is 1. The number of urea groups is 1. The number of hydrogen-bond donors (Lipinski definition) is 2. The van der Waals surface area contributed by atoms with Crippen molar-refractivity contribution < 1.29 is 13.8 Å². The van der Waals surface area contributed by atoms with Crippen molar-refractivity contribution in [2.75, 3.05) is 6.54 Å². The molecule has 0 radical (unpaired) electrons. The summed E-state index contributed by atoms with van der Waals surface area (Å²) >= 11 is 5.85. The molecule has 0 aliphatic heterocycles. The summed E-state index contributed by atoms with van der Waals surface area (Å²) in [6.07, 6.45) is 1.88. The molecule has 25 heavy (non-hydrogen) atoms. The molecule has 1 unspecified atom stereocenters. The van der Waals surface area contributed by atoms with Gasteiger partial charge >= 0.3 is 6.03 Å². The summed E-state index contributed by atoms with van der Waals surface area (Å²) in [6.45, 7) is 2.17. The highest BCUT2D eigenvalue weighted by molar-refractivity contribution is 6.30. The monoisotopic (exact) mass is 361 g/mol. The molecular formula is C16H16ClN5O3. The summed E-state index contributed by atoms with van der Waals surface area (Å²) in [5.74, 6) is 0.922. The number of nitrogens with one attached hydrogen (secondary N) is 2. The van der Waals surface area contributed by atoms with Crippen LogP contribution < -0.4 is 10.6 Å². The quantitative estimate of drug-likeness (QED) is 0.699. The third kappa shape index (κ3) is 4.57. The zero-order chi connectivity index (χ0) is 17.6. The molecule has 0 aliphatic carbocycles. The molecule has 2 N–H and O–H groups in total. The number of rotatable bonds is 6. The molecule has 2 amide bonds. The molecule has 1 atom stereocenters. The molecule has 0 bridgehead atoms. The summed E-state index contributed by atoms with van der Waals surface area (Å²) in [6, 6.07) is 8.28. The van der Waals surface area contributed by atoms with Gasteiger partial charge in [0.05, 0.1) is 6.04 Å². The summed E-state index contributed by atoms with van der Waals surface area (Å²) in [7, 11) is 0. The average molecular weight is 362 g/mol. The third-order valence-corrected chi connectivity index (χ3v) is 3.70. The van der Waals surface area contributed by atoms with Crippen molar-refractivity contribution in [2.45, 2.75) is 19.4 Å². The van der Waals surface area contributed by atoms with E-state index in [1.54, 1.807) is 18.2 Å². The predicted molar refractivity (Wildman–Crippen MR) is 89.9 cm³/mol. The molecule has 130 valence electrons. The van der Waals surface area contributed by atoms with Crippen LogP contribution >= 0.6 is 11.6 Å². The number of halogens is 1. The fraction of sp³-hybridized carbons (Fsp3) is 0.250. The van der Waals surface area contributed by atoms with E-state index in [4.69, 9.17) is 20.6 Å². The first kappa shape index (κ1) is 17.0. The molecule has 0 aliphatic rings. The minimum atomic E-state index is -0.312. The smallest absolute Gasteiger partial charge is 0.315 e. The molecule has 2 aromatic heterocycles. The number of aromatic nitrogens is 3. The minimum Gasteiger partial charge on any atom is -0.364 e. The van der Waals surface area contributed by atoms with Crippen molar-refractivity contribution in [2.24, 2.45) is 0 Å². The number of carbonyl (C=O) groups excluding carboxylic acids is 1. The fourth-order valence-electron chi connectivity index (χ4n) is 2.12. The minimum absolute atomic E-state index is 0.251. The summed E-state index contributed by atoms with van der Waals surface area (Å²) in [5, 5.41) is 13.8. The number of nitrogens with zero attached hydrogens (tertiary/aromatic N) is 3. The Labute approximate surface area is 148 Å². The van der Waals surface area contributed by atoms with Gasteiger partial charge in [-0.2, -0.15) is 4.98 Å². The van der Waals surface area contributed by atoms with Gasteiger partial charge in [-0.05, 0) is 31.2 Å². The molecule has 0 saturated carbocycles. The second-order valence-corrected chi connectivity index (χ2v) is 5.75. The Morgan fingerprint density at radius 2 is 2.04 bits per heavy atom. The normalized spacial score (nSPS) is 11.9. The molecule has 3 aromatic rings. The van der Waals surface area contributed by atoms with Gasteiger partial charge in [0.1, 0.15) is 12.0 Å². The number of hydrogen-bond acceptors (Lipinski definition) is 6. The van der Waals surface area contributed by atoms with E-state index in [1.165, 1.54) is 6.26 Å². The molecule has 0 spiro atoms. The van der Waals surface area contributed by atoms with E-state index in [-0.39, 0.29) is 12.1 Å². The highest BCUT2D eigenvalue weighted by Gasteiger charge is 2.12. The molecule has 1 aromatic carbocycles. The molecule has 8 nitrogen and oxygen atoms in total. The lowest BCUT2D eigenvalue weighted by Crippen LogP contribution is -2.38. The molecule has 2 heterocycles. The Bertz CT molecular complexity index is 817. The lowest BCUT2D eigenvalue weighted by Gasteiger charge is -2.11. The van der Waals surface area contributed by atoms with Crippen LogP contribution in [-0.4, -0.2) is 27.9 Å². The zero-order valence-electron chi connectivity index (χ0n) is 13.4. The second kappa shape index (κ2) is 7.80. The van der Waals surface area contributed by atoms with E-state index in [2.05, 4.69) is 25.9 Å². The Kier molecular flexibility index (Phi) is 5.30. The van der Waals surface area contributed by atoms with E-state index in [0.717, 1.165) is 5.56 Å². The average Bonchev–Trinajstić information content (AvgIpc) is 3.27. The summed E-state index contributed by atoms with van der Waals surface area (Å²) in [4.78, 5) is 16.1. The maximum atomic E-state index is 11.8. The second-order valence-electron chi connectivity index (χ2n) is 5.31. The standard InChI is InChI=1S/C16H16ClN5O3/c1-10(13-7-9-24-21-13)19-16(23)18-8-6-14-20-15(22-25-14)11-2-4-12(17)5-3-11/h2-5,7,9-10H,6,8H2,1H3,(H2,18,19,23). The third-order valence-electron chi connectivity index (χ3n) is 3.44. The topological polar surface area (TPSA) is 106 Å². The van der Waals surface area contributed by atoms with Gasteiger partial charge in [0.25, 0.3) is 0 Å². The molecule has 9 heteroatoms. The van der Waals surface area contributed by atoms with E-state index < -0.39 is 0 Å². The Balaban J connectivity index is 1.46. The highest BCUT2D eigenvalue weighted by Crippen LogP contribution is 2.18. The van der Waals surface area contributed by atoms with Crippen LogP contribution in [0.15, 0.2) is 45.6 Å². The van der Waals surface area contributed by atoms with Crippen LogP contribution in [0.2, 0.25) is 5.02 Å². The van der Waals surface area contributed by atoms with E-state index >= 15 is 0 Å². The SMILES string of the molecule is CC(NC(=O)NCCc1nc(-c2ccc(Cl)cc2)no1)c1ccon1. The van der Waals surface area contributed by atoms with Crippen molar-refractivity contribution >= 4 is 17.6 Å². The van der Waals surface area contributed by atoms with Crippen LogP contribution in [0.5, 0.6) is 0 Å².